The van der Waals surface area contributed by atoms with E-state index >= 15 is 0 Å². The number of methoxy groups -OCH3 is 3. The molecule has 4 aromatic carbocycles. The number of hydrogen-bond acceptors (Lipinski definition) is 11. The van der Waals surface area contributed by atoms with Gasteiger partial charge in [0.15, 0.2) is 23.0 Å². The molecule has 8 rings (SSSR count). The van der Waals surface area contributed by atoms with Crippen molar-refractivity contribution < 1.29 is 38.1 Å². The number of benzene rings is 4. The molecule has 0 saturated heterocycles. The van der Waals surface area contributed by atoms with Crippen LogP contribution in [0.25, 0.3) is 11.1 Å². The number of nitrogens with one attached hydrogen (secondary N) is 1. The van der Waals surface area contributed by atoms with E-state index in [4.69, 9.17) is 33.7 Å². The van der Waals surface area contributed by atoms with Crippen LogP contribution in [-0.2, 0) is 11.3 Å². The first-order chi connectivity index (χ1) is 29.4. The number of esters is 1. The molecule has 4 heterocycles. The van der Waals surface area contributed by atoms with Crippen LogP contribution in [-0.4, -0.2) is 92.2 Å². The van der Waals surface area contributed by atoms with Crippen molar-refractivity contribution in [2.75, 3.05) is 34.5 Å². The molecule has 4 aromatic rings. The Hall–Kier alpha value is -6.73. The molecule has 0 fully saturated rings. The van der Waals surface area contributed by atoms with Crippen LogP contribution in [0.1, 0.15) is 87.8 Å². The molecule has 0 saturated carbocycles. The second-order valence-electron chi connectivity index (χ2n) is 16.3. The average Bonchev–Trinajstić information content (AvgIpc) is 3.85. The Morgan fingerprint density at radius 3 is 1.61 bits per heavy atom. The number of amides is 2. The molecule has 13 nitrogen and oxygen atoms in total. The van der Waals surface area contributed by atoms with Gasteiger partial charge in [0.25, 0.3) is 11.8 Å². The van der Waals surface area contributed by atoms with Gasteiger partial charge < -0.3 is 38.8 Å². The van der Waals surface area contributed by atoms with Crippen molar-refractivity contribution in [3.63, 3.8) is 0 Å². The molecule has 4 aliphatic rings. The second-order valence-corrected chi connectivity index (χ2v) is 16.3. The Morgan fingerprint density at radius 2 is 1.16 bits per heavy atom. The fourth-order valence-corrected chi connectivity index (χ4v) is 7.71. The molecule has 0 aromatic heterocycles. The molecule has 0 spiro atoms. The van der Waals surface area contributed by atoms with E-state index in [-0.39, 0.29) is 36.0 Å². The SMILES string of the molecule is COC(=O)c1ccc(C2=CN3C(=O)c4cc(OC)c(OCCCOc5cc6c(cc5OC)C(=O)N5C=C(c7ccc(CNC(C)(C)C)cc7)C[C@H]5C=N6)cc4N=C[C@@H]3C2)cc1. The summed E-state index contributed by atoms with van der Waals surface area (Å²) in [5.41, 5.74) is 7.56. The minimum absolute atomic E-state index is 0.0344. The van der Waals surface area contributed by atoms with Gasteiger partial charge in [-0.15, -0.1) is 0 Å². The highest BCUT2D eigenvalue weighted by atomic mass is 16.5. The summed E-state index contributed by atoms with van der Waals surface area (Å²) in [7, 11) is 4.42. The number of nitrogens with zero attached hydrogens (tertiary/aromatic N) is 4. The third-order valence-electron chi connectivity index (χ3n) is 11.1. The molecular formula is C48H49N5O8. The van der Waals surface area contributed by atoms with Gasteiger partial charge in [-0.3, -0.25) is 19.6 Å². The number of aliphatic imine (C=N–C) groups is 2. The van der Waals surface area contributed by atoms with Crippen molar-refractivity contribution in [3.8, 4) is 23.0 Å². The van der Waals surface area contributed by atoms with Crippen LogP contribution in [0.2, 0.25) is 0 Å². The Labute approximate surface area is 355 Å². The Balaban J connectivity index is 0.884. The van der Waals surface area contributed by atoms with Gasteiger partial charge >= 0.3 is 5.97 Å². The predicted octanol–water partition coefficient (Wildman–Crippen LogP) is 8.17. The van der Waals surface area contributed by atoms with Crippen molar-refractivity contribution in [1.29, 1.82) is 0 Å². The average molecular weight is 824 g/mol. The normalized spacial score (nSPS) is 17.7. The minimum Gasteiger partial charge on any atom is -0.493 e. The number of carbonyl (C=O) groups excluding carboxylic acids is 3. The van der Waals surface area contributed by atoms with Crippen LogP contribution in [0.4, 0.5) is 11.4 Å². The highest BCUT2D eigenvalue weighted by molar-refractivity contribution is 6.06. The summed E-state index contributed by atoms with van der Waals surface area (Å²) in [6.45, 7) is 7.81. The van der Waals surface area contributed by atoms with Gasteiger partial charge in [-0.25, -0.2) is 4.79 Å². The standard InChI is InChI=1S/C48H49N5O8/c1-48(2,3)51-24-29-8-10-30(11-9-29)33-18-35-25-49-39-22-43(41(57-4)20-37(39)45(54)52(35)27-33)60-16-7-17-61-44-23-40-38(21-42(44)58-5)46(55)53-28-34(19-36(53)26-50-40)31-12-14-32(15-13-31)47(56)59-6/h8-15,20-23,25-28,35-36,51H,7,16-19,24H2,1-6H3/t35-,36-/m0/s1. The second kappa shape index (κ2) is 17.1. The molecule has 61 heavy (non-hydrogen) atoms. The molecule has 2 amide bonds. The summed E-state index contributed by atoms with van der Waals surface area (Å²) in [6.07, 6.45) is 9.12. The highest BCUT2D eigenvalue weighted by Crippen LogP contribution is 2.42. The molecule has 0 aliphatic carbocycles. The largest absolute Gasteiger partial charge is 0.493 e. The fourth-order valence-electron chi connectivity index (χ4n) is 7.71. The smallest absolute Gasteiger partial charge is 0.337 e. The zero-order valence-electron chi connectivity index (χ0n) is 35.2. The Morgan fingerprint density at radius 1 is 0.689 bits per heavy atom. The van der Waals surface area contributed by atoms with Crippen LogP contribution < -0.4 is 24.3 Å². The quantitative estimate of drug-likeness (QED) is 0.104. The summed E-state index contributed by atoms with van der Waals surface area (Å²) in [5.74, 6) is 0.998. The molecule has 2 atom stereocenters. The minimum atomic E-state index is -0.405. The van der Waals surface area contributed by atoms with Crippen LogP contribution in [0, 0.1) is 0 Å². The van der Waals surface area contributed by atoms with Gasteiger partial charge in [0.1, 0.15) is 0 Å². The van der Waals surface area contributed by atoms with E-state index in [1.54, 1.807) is 59.5 Å². The summed E-state index contributed by atoms with van der Waals surface area (Å²) in [6, 6.07) is 21.9. The van der Waals surface area contributed by atoms with Crippen LogP contribution in [0.15, 0.2) is 95.2 Å². The monoisotopic (exact) mass is 823 g/mol. The van der Waals surface area contributed by atoms with E-state index < -0.39 is 5.97 Å². The number of carbonyl (C=O) groups is 3. The van der Waals surface area contributed by atoms with Crippen molar-refractivity contribution in [1.82, 2.24) is 15.1 Å². The topological polar surface area (TPSA) is 141 Å². The molecule has 0 radical (unpaired) electrons. The van der Waals surface area contributed by atoms with Crippen molar-refractivity contribution in [2.24, 2.45) is 9.98 Å². The van der Waals surface area contributed by atoms with E-state index in [9.17, 15) is 14.4 Å². The van der Waals surface area contributed by atoms with Crippen LogP contribution in [0.5, 0.6) is 23.0 Å². The van der Waals surface area contributed by atoms with Crippen molar-refractivity contribution in [3.05, 3.63) is 119 Å². The highest BCUT2D eigenvalue weighted by Gasteiger charge is 2.35. The molecular weight excluding hydrogens is 775 g/mol. The van der Waals surface area contributed by atoms with Crippen molar-refractivity contribution in [2.45, 2.75) is 64.2 Å². The first kappa shape index (κ1) is 41.0. The first-order valence-corrected chi connectivity index (χ1v) is 20.3. The Bertz CT molecular complexity index is 2480. The number of rotatable bonds is 13. The zero-order valence-corrected chi connectivity index (χ0v) is 35.2. The molecule has 314 valence electrons. The summed E-state index contributed by atoms with van der Waals surface area (Å²) >= 11 is 0. The lowest BCUT2D eigenvalue weighted by Crippen LogP contribution is -2.35. The maximum absolute atomic E-state index is 13.9. The number of fused-ring (bicyclic) bond motifs is 4. The first-order valence-electron chi connectivity index (χ1n) is 20.3. The Kier molecular flexibility index (Phi) is 11.5. The van der Waals surface area contributed by atoms with Gasteiger partial charge in [0, 0.05) is 68.3 Å². The van der Waals surface area contributed by atoms with E-state index in [0.717, 1.165) is 28.8 Å². The lowest BCUT2D eigenvalue weighted by atomic mass is 10.0. The van der Waals surface area contributed by atoms with Gasteiger partial charge in [-0.1, -0.05) is 36.4 Å². The van der Waals surface area contributed by atoms with E-state index in [1.165, 1.54) is 19.8 Å². The van der Waals surface area contributed by atoms with Gasteiger partial charge in [0.05, 0.1) is 74.7 Å². The number of hydrogen-bond donors (Lipinski definition) is 1. The molecule has 0 bridgehead atoms. The lowest BCUT2D eigenvalue weighted by molar-refractivity contribution is 0.0600. The van der Waals surface area contributed by atoms with E-state index in [2.05, 4.69) is 50.4 Å². The molecule has 1 N–H and O–H groups in total. The van der Waals surface area contributed by atoms with Crippen molar-refractivity contribution >= 4 is 52.7 Å². The molecule has 0 unspecified atom stereocenters. The third-order valence-corrected chi connectivity index (χ3v) is 11.1. The molecule has 4 aliphatic heterocycles. The van der Waals surface area contributed by atoms with E-state index in [0.29, 0.717) is 76.9 Å². The third kappa shape index (κ3) is 8.64. The lowest BCUT2D eigenvalue weighted by Gasteiger charge is -2.20. The predicted molar refractivity (Wildman–Crippen MR) is 234 cm³/mol. The summed E-state index contributed by atoms with van der Waals surface area (Å²) < 4.78 is 28.4. The summed E-state index contributed by atoms with van der Waals surface area (Å²) in [5, 5.41) is 3.52. The maximum atomic E-state index is 13.9. The van der Waals surface area contributed by atoms with Gasteiger partial charge in [0.2, 0.25) is 0 Å². The van der Waals surface area contributed by atoms with Crippen LogP contribution >= 0.6 is 0 Å². The van der Waals surface area contributed by atoms with Crippen LogP contribution in [0.3, 0.4) is 0 Å². The number of ether oxygens (including phenoxy) is 5. The van der Waals surface area contributed by atoms with Gasteiger partial charge in [-0.2, -0.15) is 0 Å². The maximum Gasteiger partial charge on any atom is 0.337 e. The zero-order chi connectivity index (χ0) is 42.8. The van der Waals surface area contributed by atoms with Gasteiger partial charge in [-0.05, 0) is 72.9 Å². The van der Waals surface area contributed by atoms with E-state index in [1.807, 2.05) is 30.7 Å². The molecule has 13 heteroatoms. The summed E-state index contributed by atoms with van der Waals surface area (Å²) in [4.78, 5) is 52.5. The fraction of sp³-hybridized carbons (Fsp3) is 0.312.